The monoisotopic (exact) mass is 411 g/mol. The summed E-state index contributed by atoms with van der Waals surface area (Å²) in [6, 6.07) is 7.23. The van der Waals surface area contributed by atoms with E-state index in [2.05, 4.69) is 26.5 Å². The molecule has 2 rings (SSSR count). The van der Waals surface area contributed by atoms with Crippen molar-refractivity contribution in [1.29, 1.82) is 0 Å². The molecular weight excluding hydrogens is 402 g/mol. The Morgan fingerprint density at radius 3 is 2.75 bits per heavy atom. The molecule has 0 atom stereocenters. The number of nitrogens with one attached hydrogen (secondary N) is 1. The maximum Gasteiger partial charge on any atom is 0.272 e. The van der Waals surface area contributed by atoms with Gasteiger partial charge < -0.3 is 5.11 Å². The highest BCUT2D eigenvalue weighted by molar-refractivity contribution is 9.10. The second kappa shape index (κ2) is 7.41. The maximum atomic E-state index is 12.0. The molecule has 0 unspecified atom stereocenters. The summed E-state index contributed by atoms with van der Waals surface area (Å²) >= 11 is 9.01. The number of non-ortho nitro benzene ring substituents is 1. The molecule has 9 heteroatoms. The second-order valence-electron chi connectivity index (χ2n) is 4.80. The van der Waals surface area contributed by atoms with Gasteiger partial charge in [-0.15, -0.1) is 0 Å². The lowest BCUT2D eigenvalue weighted by atomic mass is 10.1. The summed E-state index contributed by atoms with van der Waals surface area (Å²) in [5.74, 6) is -0.771. The van der Waals surface area contributed by atoms with Crippen LogP contribution in [0.2, 0.25) is 5.02 Å². The van der Waals surface area contributed by atoms with Crippen molar-refractivity contribution in [2.45, 2.75) is 6.92 Å². The molecule has 1 amide bonds. The van der Waals surface area contributed by atoms with Crippen molar-refractivity contribution in [2.24, 2.45) is 5.10 Å². The van der Waals surface area contributed by atoms with Gasteiger partial charge in [-0.2, -0.15) is 5.10 Å². The Kier molecular flexibility index (Phi) is 5.53. The normalized spacial score (nSPS) is 10.8. The number of nitro benzene ring substituents is 1. The zero-order chi connectivity index (χ0) is 17.9. The number of carbonyl (C=O) groups is 1. The van der Waals surface area contributed by atoms with Crippen molar-refractivity contribution in [3.05, 3.63) is 66.6 Å². The molecule has 0 aliphatic rings. The molecule has 0 saturated carbocycles. The smallest absolute Gasteiger partial charge is 0.272 e. The van der Waals surface area contributed by atoms with Gasteiger partial charge in [0.15, 0.2) is 0 Å². The van der Waals surface area contributed by atoms with E-state index in [0.29, 0.717) is 0 Å². The van der Waals surface area contributed by atoms with Crippen LogP contribution in [0, 0.1) is 17.0 Å². The number of hydrazone groups is 1. The van der Waals surface area contributed by atoms with E-state index in [-0.39, 0.29) is 32.1 Å². The minimum Gasteiger partial charge on any atom is -0.506 e. The van der Waals surface area contributed by atoms with Crippen molar-refractivity contribution in [1.82, 2.24) is 5.43 Å². The summed E-state index contributed by atoms with van der Waals surface area (Å²) in [6.07, 6.45) is 1.10. The average molecular weight is 413 g/mol. The quantitative estimate of drug-likeness (QED) is 0.453. The van der Waals surface area contributed by atoms with E-state index in [4.69, 9.17) is 11.6 Å². The molecule has 0 aliphatic carbocycles. The number of aryl methyl sites for hydroxylation is 1. The van der Waals surface area contributed by atoms with Crippen molar-refractivity contribution < 1.29 is 14.8 Å². The highest BCUT2D eigenvalue weighted by Crippen LogP contribution is 2.31. The summed E-state index contributed by atoms with van der Waals surface area (Å²) in [7, 11) is 0. The molecule has 2 N–H and O–H groups in total. The Morgan fingerprint density at radius 2 is 2.12 bits per heavy atom. The standard InChI is InChI=1S/C15H11BrClN3O4/c1-8-2-3-11(13(17)4-8)15(22)19-18-7-9-5-10(20(23)24)6-12(16)14(9)21/h2-7,21H,1H3,(H,19,22). The van der Waals surface area contributed by atoms with Gasteiger partial charge in [-0.3, -0.25) is 14.9 Å². The third-order valence-corrected chi connectivity index (χ3v) is 3.94. The van der Waals surface area contributed by atoms with E-state index in [9.17, 15) is 20.0 Å². The summed E-state index contributed by atoms with van der Waals surface area (Å²) in [6.45, 7) is 1.84. The van der Waals surface area contributed by atoms with E-state index in [1.807, 2.05) is 6.92 Å². The molecule has 2 aromatic carbocycles. The van der Waals surface area contributed by atoms with Crippen LogP contribution in [0.15, 0.2) is 39.9 Å². The predicted molar refractivity (Wildman–Crippen MR) is 93.7 cm³/mol. The molecule has 0 bridgehead atoms. The summed E-state index contributed by atoms with van der Waals surface area (Å²) in [5, 5.41) is 24.7. The van der Waals surface area contributed by atoms with E-state index < -0.39 is 10.8 Å². The van der Waals surface area contributed by atoms with Gasteiger partial charge in [0.05, 0.1) is 26.2 Å². The molecule has 2 aromatic rings. The molecule has 0 spiro atoms. The molecule has 24 heavy (non-hydrogen) atoms. The molecule has 0 fully saturated rings. The van der Waals surface area contributed by atoms with Gasteiger partial charge in [-0.25, -0.2) is 5.43 Å². The first kappa shape index (κ1) is 17.9. The highest BCUT2D eigenvalue weighted by Gasteiger charge is 2.14. The van der Waals surface area contributed by atoms with Crippen molar-refractivity contribution in [2.75, 3.05) is 0 Å². The zero-order valence-corrected chi connectivity index (χ0v) is 14.6. The number of phenols is 1. The Labute approximate surface area is 150 Å². The van der Waals surface area contributed by atoms with Crippen LogP contribution < -0.4 is 5.43 Å². The number of nitrogens with zero attached hydrogens (tertiary/aromatic N) is 2. The van der Waals surface area contributed by atoms with Crippen LogP contribution in [0.4, 0.5) is 5.69 Å². The van der Waals surface area contributed by atoms with Gasteiger partial charge in [0.25, 0.3) is 11.6 Å². The molecule has 7 nitrogen and oxygen atoms in total. The minimum atomic E-state index is -0.605. The van der Waals surface area contributed by atoms with Crippen LogP contribution in [0.3, 0.4) is 0 Å². The average Bonchev–Trinajstić information content (AvgIpc) is 2.50. The zero-order valence-electron chi connectivity index (χ0n) is 12.3. The van der Waals surface area contributed by atoms with Gasteiger partial charge >= 0.3 is 0 Å². The van der Waals surface area contributed by atoms with Crippen molar-refractivity contribution >= 4 is 45.3 Å². The van der Waals surface area contributed by atoms with Crippen LogP contribution in [-0.4, -0.2) is 22.2 Å². The van der Waals surface area contributed by atoms with Crippen molar-refractivity contribution in [3.63, 3.8) is 0 Å². The van der Waals surface area contributed by atoms with Crippen molar-refractivity contribution in [3.8, 4) is 5.75 Å². The largest absolute Gasteiger partial charge is 0.506 e. The topological polar surface area (TPSA) is 105 Å². The number of hydrogen-bond donors (Lipinski definition) is 2. The number of amides is 1. The molecular formula is C15H11BrClN3O4. The Hall–Kier alpha value is -2.45. The fourth-order valence-corrected chi connectivity index (χ4v) is 2.62. The number of hydrogen-bond acceptors (Lipinski definition) is 5. The molecule has 0 radical (unpaired) electrons. The number of benzene rings is 2. The first-order valence-corrected chi connectivity index (χ1v) is 7.73. The Morgan fingerprint density at radius 1 is 1.42 bits per heavy atom. The first-order valence-electron chi connectivity index (χ1n) is 6.56. The fraction of sp³-hybridized carbons (Fsp3) is 0.0667. The number of rotatable bonds is 4. The van der Waals surface area contributed by atoms with Gasteiger partial charge in [0.2, 0.25) is 0 Å². The van der Waals surface area contributed by atoms with Crippen LogP contribution in [0.25, 0.3) is 0 Å². The SMILES string of the molecule is Cc1ccc(C(=O)NN=Cc2cc([N+](=O)[O-])cc(Br)c2O)c(Cl)c1. The van der Waals surface area contributed by atoms with E-state index in [1.54, 1.807) is 18.2 Å². The number of nitro groups is 1. The lowest BCUT2D eigenvalue weighted by molar-refractivity contribution is -0.385. The summed E-state index contributed by atoms with van der Waals surface area (Å²) < 4.78 is 0.144. The van der Waals surface area contributed by atoms with Crippen LogP contribution in [-0.2, 0) is 0 Å². The molecule has 124 valence electrons. The lowest BCUT2D eigenvalue weighted by Crippen LogP contribution is -2.18. The van der Waals surface area contributed by atoms with Crippen LogP contribution in [0.5, 0.6) is 5.75 Å². The van der Waals surface area contributed by atoms with Crippen LogP contribution in [0.1, 0.15) is 21.5 Å². The summed E-state index contributed by atoms with van der Waals surface area (Å²) in [4.78, 5) is 22.2. The summed E-state index contributed by atoms with van der Waals surface area (Å²) in [5.41, 5.74) is 3.25. The first-order chi connectivity index (χ1) is 11.3. The Bertz CT molecular complexity index is 855. The molecule has 0 aliphatic heterocycles. The van der Waals surface area contributed by atoms with Gasteiger partial charge in [0, 0.05) is 17.7 Å². The molecule has 0 saturated heterocycles. The van der Waals surface area contributed by atoms with Gasteiger partial charge in [-0.1, -0.05) is 17.7 Å². The predicted octanol–water partition coefficient (Wildman–Crippen LogP) is 3.79. The van der Waals surface area contributed by atoms with E-state index in [0.717, 1.165) is 23.9 Å². The third-order valence-electron chi connectivity index (χ3n) is 3.03. The highest BCUT2D eigenvalue weighted by atomic mass is 79.9. The fourth-order valence-electron chi connectivity index (χ4n) is 1.83. The second-order valence-corrected chi connectivity index (χ2v) is 6.07. The van der Waals surface area contributed by atoms with E-state index >= 15 is 0 Å². The number of phenolic OH excluding ortho intramolecular Hbond substituents is 1. The third kappa shape index (κ3) is 4.09. The Balaban J connectivity index is 2.20. The van der Waals surface area contributed by atoms with Crippen LogP contribution >= 0.6 is 27.5 Å². The van der Waals surface area contributed by atoms with E-state index in [1.165, 1.54) is 0 Å². The molecule has 0 aromatic heterocycles. The van der Waals surface area contributed by atoms with Gasteiger partial charge in [0.1, 0.15) is 5.75 Å². The maximum absolute atomic E-state index is 12.0. The minimum absolute atomic E-state index is 0.0754. The lowest BCUT2D eigenvalue weighted by Gasteiger charge is -2.04. The van der Waals surface area contributed by atoms with Gasteiger partial charge in [-0.05, 0) is 40.5 Å². The number of carbonyl (C=O) groups excluding carboxylic acids is 1. The molecule has 0 heterocycles. The number of halogens is 2. The number of aromatic hydroxyl groups is 1.